The van der Waals surface area contributed by atoms with Gasteiger partial charge in [-0.15, -0.1) is 0 Å². The standard InChI is InChI=1S/C9H4ClFO3/c10-4-1-5-7(12)3-8(13)14-9(5)6(11)2-4/h1-3,12H. The van der Waals surface area contributed by atoms with E-state index in [-0.39, 0.29) is 21.7 Å². The molecule has 0 saturated heterocycles. The lowest BCUT2D eigenvalue weighted by atomic mass is 10.2. The first kappa shape index (κ1) is 9.02. The number of fused-ring (bicyclic) bond motifs is 1. The van der Waals surface area contributed by atoms with Crippen LogP contribution in [0.5, 0.6) is 5.75 Å². The summed E-state index contributed by atoms with van der Waals surface area (Å²) in [6.07, 6.45) is 0. The molecule has 0 spiro atoms. The van der Waals surface area contributed by atoms with Gasteiger partial charge in [-0.25, -0.2) is 9.18 Å². The minimum Gasteiger partial charge on any atom is -0.507 e. The Balaban J connectivity index is 3.01. The summed E-state index contributed by atoms with van der Waals surface area (Å²) in [5.41, 5.74) is -1.10. The van der Waals surface area contributed by atoms with Crippen molar-refractivity contribution in [1.29, 1.82) is 0 Å². The number of rotatable bonds is 0. The summed E-state index contributed by atoms with van der Waals surface area (Å²) in [5, 5.41) is 9.52. The average Bonchev–Trinajstić information content (AvgIpc) is 2.07. The Hall–Kier alpha value is -1.55. The largest absolute Gasteiger partial charge is 0.507 e. The number of aromatic hydroxyl groups is 1. The van der Waals surface area contributed by atoms with Crippen molar-refractivity contribution in [3.63, 3.8) is 0 Å². The van der Waals surface area contributed by atoms with Gasteiger partial charge in [0.2, 0.25) is 0 Å². The first-order valence-electron chi connectivity index (χ1n) is 3.70. The second-order valence-corrected chi connectivity index (χ2v) is 3.15. The molecule has 0 atom stereocenters. The summed E-state index contributed by atoms with van der Waals surface area (Å²) in [6, 6.07) is 3.18. The van der Waals surface area contributed by atoms with E-state index >= 15 is 0 Å². The van der Waals surface area contributed by atoms with Crippen LogP contribution in [0.3, 0.4) is 0 Å². The highest BCUT2D eigenvalue weighted by atomic mass is 35.5. The first-order chi connectivity index (χ1) is 6.58. The molecule has 1 heterocycles. The molecule has 0 radical (unpaired) electrons. The molecule has 0 aliphatic heterocycles. The molecule has 0 fully saturated rings. The molecule has 0 aliphatic carbocycles. The summed E-state index contributed by atoms with van der Waals surface area (Å²) in [5.74, 6) is -1.13. The van der Waals surface area contributed by atoms with Crippen LogP contribution in [0.25, 0.3) is 11.0 Å². The molecule has 0 unspecified atom stereocenters. The van der Waals surface area contributed by atoms with Crippen molar-refractivity contribution in [3.05, 3.63) is 39.5 Å². The van der Waals surface area contributed by atoms with E-state index < -0.39 is 11.4 Å². The molecule has 72 valence electrons. The summed E-state index contributed by atoms with van der Waals surface area (Å²) in [4.78, 5) is 10.8. The SMILES string of the molecule is O=c1cc(O)c2cc(Cl)cc(F)c2o1. The number of hydrogen-bond donors (Lipinski definition) is 1. The number of halogens is 2. The molecule has 0 aliphatic rings. The minimum atomic E-state index is -0.809. The zero-order valence-electron chi connectivity index (χ0n) is 6.75. The summed E-state index contributed by atoms with van der Waals surface area (Å²) >= 11 is 5.56. The van der Waals surface area contributed by atoms with Crippen molar-refractivity contribution < 1.29 is 13.9 Å². The Morgan fingerprint density at radius 3 is 2.79 bits per heavy atom. The second-order valence-electron chi connectivity index (χ2n) is 2.71. The molecule has 1 aromatic heterocycles. The second kappa shape index (κ2) is 2.99. The highest BCUT2D eigenvalue weighted by molar-refractivity contribution is 6.31. The highest BCUT2D eigenvalue weighted by Gasteiger charge is 2.10. The van der Waals surface area contributed by atoms with E-state index in [0.717, 1.165) is 12.1 Å². The van der Waals surface area contributed by atoms with E-state index in [0.29, 0.717) is 0 Å². The van der Waals surface area contributed by atoms with Crippen LogP contribution in [-0.2, 0) is 0 Å². The molecule has 0 bridgehead atoms. The Labute approximate surface area is 82.3 Å². The van der Waals surface area contributed by atoms with E-state index in [1.807, 2.05) is 0 Å². The van der Waals surface area contributed by atoms with Gasteiger partial charge in [-0.1, -0.05) is 11.6 Å². The Morgan fingerprint density at radius 1 is 1.36 bits per heavy atom. The maximum absolute atomic E-state index is 13.2. The maximum Gasteiger partial charge on any atom is 0.340 e. The molecule has 1 aromatic carbocycles. The predicted octanol–water partition coefficient (Wildman–Crippen LogP) is 2.29. The third-order valence-corrected chi connectivity index (χ3v) is 1.96. The van der Waals surface area contributed by atoms with Crippen LogP contribution in [0.1, 0.15) is 0 Å². The third-order valence-electron chi connectivity index (χ3n) is 1.74. The zero-order chi connectivity index (χ0) is 10.3. The van der Waals surface area contributed by atoms with Gasteiger partial charge >= 0.3 is 5.63 Å². The Morgan fingerprint density at radius 2 is 2.07 bits per heavy atom. The van der Waals surface area contributed by atoms with Gasteiger partial charge in [0.05, 0.1) is 11.5 Å². The van der Waals surface area contributed by atoms with Crippen molar-refractivity contribution in [2.45, 2.75) is 0 Å². The number of hydrogen-bond acceptors (Lipinski definition) is 3. The smallest absolute Gasteiger partial charge is 0.340 e. The molecule has 2 aromatic rings. The van der Waals surface area contributed by atoms with Gasteiger partial charge < -0.3 is 9.52 Å². The van der Waals surface area contributed by atoms with E-state index in [1.165, 1.54) is 6.07 Å². The Bertz CT molecular complexity index is 562. The van der Waals surface area contributed by atoms with Gasteiger partial charge in [-0.3, -0.25) is 0 Å². The fraction of sp³-hybridized carbons (Fsp3) is 0. The molecule has 0 saturated carbocycles. The molecular weight excluding hydrogens is 211 g/mol. The van der Waals surface area contributed by atoms with E-state index in [4.69, 9.17) is 11.6 Å². The van der Waals surface area contributed by atoms with Crippen LogP contribution in [0, 0.1) is 5.82 Å². The van der Waals surface area contributed by atoms with Gasteiger partial charge in [-0.05, 0) is 12.1 Å². The fourth-order valence-corrected chi connectivity index (χ4v) is 1.38. The van der Waals surface area contributed by atoms with Crippen LogP contribution in [0.4, 0.5) is 4.39 Å². The topological polar surface area (TPSA) is 50.4 Å². The van der Waals surface area contributed by atoms with Crippen LogP contribution in [0.15, 0.2) is 27.4 Å². The molecular formula is C9H4ClFO3. The minimum absolute atomic E-state index is 0.0783. The van der Waals surface area contributed by atoms with Gasteiger partial charge in [-0.2, -0.15) is 0 Å². The normalized spacial score (nSPS) is 10.7. The summed E-state index contributed by atoms with van der Waals surface area (Å²) < 4.78 is 17.8. The summed E-state index contributed by atoms with van der Waals surface area (Å²) in [7, 11) is 0. The predicted molar refractivity (Wildman–Crippen MR) is 49.1 cm³/mol. The molecule has 3 nitrogen and oxygen atoms in total. The van der Waals surface area contributed by atoms with Crippen molar-refractivity contribution in [2.75, 3.05) is 0 Å². The lowest BCUT2D eigenvalue weighted by Crippen LogP contribution is -1.96. The highest BCUT2D eigenvalue weighted by Crippen LogP contribution is 2.27. The van der Waals surface area contributed by atoms with E-state index in [2.05, 4.69) is 4.42 Å². The van der Waals surface area contributed by atoms with E-state index in [9.17, 15) is 14.3 Å². The summed E-state index contributed by atoms with van der Waals surface area (Å²) in [6.45, 7) is 0. The van der Waals surface area contributed by atoms with Gasteiger partial charge in [0.1, 0.15) is 5.75 Å². The van der Waals surface area contributed by atoms with Gasteiger partial charge in [0.25, 0.3) is 0 Å². The molecule has 14 heavy (non-hydrogen) atoms. The van der Waals surface area contributed by atoms with Crippen LogP contribution >= 0.6 is 11.6 Å². The lowest BCUT2D eigenvalue weighted by Gasteiger charge is -2.00. The average molecular weight is 215 g/mol. The third kappa shape index (κ3) is 1.33. The van der Waals surface area contributed by atoms with Crippen LogP contribution in [0.2, 0.25) is 5.02 Å². The Kier molecular flexibility index (Phi) is 1.93. The molecule has 0 amide bonds. The van der Waals surface area contributed by atoms with Crippen molar-refractivity contribution in [2.24, 2.45) is 0 Å². The van der Waals surface area contributed by atoms with Crippen LogP contribution in [-0.4, -0.2) is 5.11 Å². The quantitative estimate of drug-likeness (QED) is 0.685. The van der Waals surface area contributed by atoms with Crippen molar-refractivity contribution >= 4 is 22.6 Å². The van der Waals surface area contributed by atoms with E-state index in [1.54, 1.807) is 0 Å². The zero-order valence-corrected chi connectivity index (χ0v) is 7.51. The van der Waals surface area contributed by atoms with Gasteiger partial charge in [0, 0.05) is 5.02 Å². The lowest BCUT2D eigenvalue weighted by molar-refractivity contribution is 0.463. The van der Waals surface area contributed by atoms with Crippen molar-refractivity contribution in [1.82, 2.24) is 0 Å². The monoisotopic (exact) mass is 214 g/mol. The fourth-order valence-electron chi connectivity index (χ4n) is 1.17. The first-order valence-corrected chi connectivity index (χ1v) is 4.07. The molecule has 2 rings (SSSR count). The van der Waals surface area contributed by atoms with Gasteiger partial charge in [0.15, 0.2) is 11.4 Å². The molecule has 1 N–H and O–H groups in total. The van der Waals surface area contributed by atoms with Crippen LogP contribution < -0.4 is 5.63 Å². The number of benzene rings is 1. The van der Waals surface area contributed by atoms with Crippen molar-refractivity contribution in [3.8, 4) is 5.75 Å². The molecule has 5 heteroatoms. The maximum atomic E-state index is 13.2.